The van der Waals surface area contributed by atoms with Crippen LogP contribution in [0.3, 0.4) is 0 Å². The molecule has 0 heterocycles. The van der Waals surface area contributed by atoms with Crippen LogP contribution in [0.15, 0.2) is 24.3 Å². The van der Waals surface area contributed by atoms with Gasteiger partial charge in [0.2, 0.25) is 0 Å². The first-order valence-corrected chi connectivity index (χ1v) is 8.02. The number of benzene rings is 1. The van der Waals surface area contributed by atoms with Crippen molar-refractivity contribution in [3.05, 3.63) is 29.8 Å². The van der Waals surface area contributed by atoms with Gasteiger partial charge in [-0.2, -0.15) is 10.5 Å². The molecule has 0 fully saturated rings. The van der Waals surface area contributed by atoms with Gasteiger partial charge in [-0.05, 0) is 17.7 Å². The second-order valence-corrected chi connectivity index (χ2v) is 6.15. The molecule has 0 bridgehead atoms. The van der Waals surface area contributed by atoms with Crippen molar-refractivity contribution in [3.8, 4) is 17.9 Å². The van der Waals surface area contributed by atoms with Crippen LogP contribution in [-0.2, 0) is 6.42 Å². The fourth-order valence-corrected chi connectivity index (χ4v) is 2.48. The van der Waals surface area contributed by atoms with Crippen LogP contribution in [0.4, 0.5) is 0 Å². The molecule has 2 N–H and O–H groups in total. The number of hydrogen-bond acceptors (Lipinski definition) is 4. The average molecular weight is 316 g/mol. The third kappa shape index (κ3) is 8.21. The van der Waals surface area contributed by atoms with Gasteiger partial charge in [0, 0.05) is 5.92 Å². The summed E-state index contributed by atoms with van der Waals surface area (Å²) in [5, 5.41) is 27.5. The van der Waals surface area contributed by atoms with Crippen molar-refractivity contribution in [2.45, 2.75) is 32.8 Å². The summed E-state index contributed by atoms with van der Waals surface area (Å²) in [5.74, 6) is 1.21. The number of quaternary nitrogens is 1. The molecule has 0 saturated heterocycles. The Kier molecular flexibility index (Phi) is 8.75. The summed E-state index contributed by atoms with van der Waals surface area (Å²) < 4.78 is 5.60. The SMILES string of the molecule is CC(C)C[NH+](CCC#N)C[C@H](O)COc1ccc(CC#N)cc1. The lowest BCUT2D eigenvalue weighted by atomic mass is 10.1. The fourth-order valence-electron chi connectivity index (χ4n) is 2.48. The number of nitrogens with one attached hydrogen (secondary N) is 1. The summed E-state index contributed by atoms with van der Waals surface area (Å²) in [6.07, 6.45) is 0.312. The second-order valence-electron chi connectivity index (χ2n) is 6.15. The van der Waals surface area contributed by atoms with Crippen LogP contribution >= 0.6 is 0 Å². The maximum Gasteiger partial charge on any atom is 0.137 e. The molecule has 2 atom stereocenters. The van der Waals surface area contributed by atoms with Crippen molar-refractivity contribution in [2.75, 3.05) is 26.2 Å². The van der Waals surface area contributed by atoms with Crippen molar-refractivity contribution in [3.63, 3.8) is 0 Å². The molecule has 0 aliphatic carbocycles. The minimum atomic E-state index is -0.568. The van der Waals surface area contributed by atoms with E-state index in [2.05, 4.69) is 26.0 Å². The number of rotatable bonds is 10. The fraction of sp³-hybridized carbons (Fsp3) is 0.556. The number of nitriles is 2. The molecule has 0 aromatic heterocycles. The highest BCUT2D eigenvalue weighted by Gasteiger charge is 2.17. The normalized spacial score (nSPS) is 13.1. The van der Waals surface area contributed by atoms with Gasteiger partial charge in [-0.25, -0.2) is 0 Å². The van der Waals surface area contributed by atoms with Crippen molar-refractivity contribution in [1.29, 1.82) is 10.5 Å². The van der Waals surface area contributed by atoms with Crippen molar-refractivity contribution in [2.24, 2.45) is 5.92 Å². The number of aliphatic hydroxyl groups excluding tert-OH is 1. The van der Waals surface area contributed by atoms with E-state index in [0.717, 1.165) is 18.7 Å². The number of nitrogens with zero attached hydrogens (tertiary/aromatic N) is 2. The third-order valence-corrected chi connectivity index (χ3v) is 3.46. The zero-order valence-corrected chi connectivity index (χ0v) is 14.0. The lowest BCUT2D eigenvalue weighted by molar-refractivity contribution is -0.905. The van der Waals surface area contributed by atoms with Gasteiger partial charge in [0.05, 0.1) is 38.1 Å². The van der Waals surface area contributed by atoms with Crippen LogP contribution in [0, 0.1) is 28.6 Å². The van der Waals surface area contributed by atoms with E-state index in [9.17, 15) is 5.11 Å². The minimum absolute atomic E-state index is 0.228. The summed E-state index contributed by atoms with van der Waals surface area (Å²) in [6.45, 7) is 6.75. The van der Waals surface area contributed by atoms with E-state index in [0.29, 0.717) is 31.1 Å². The Morgan fingerprint density at radius 2 is 1.83 bits per heavy atom. The van der Waals surface area contributed by atoms with Crippen LogP contribution in [0.2, 0.25) is 0 Å². The van der Waals surface area contributed by atoms with E-state index in [-0.39, 0.29) is 6.61 Å². The van der Waals surface area contributed by atoms with E-state index in [1.165, 1.54) is 4.90 Å². The first-order valence-electron chi connectivity index (χ1n) is 8.02. The van der Waals surface area contributed by atoms with Crippen LogP contribution in [0.25, 0.3) is 0 Å². The van der Waals surface area contributed by atoms with Crippen molar-refractivity contribution in [1.82, 2.24) is 0 Å². The van der Waals surface area contributed by atoms with Crippen LogP contribution in [-0.4, -0.2) is 37.5 Å². The van der Waals surface area contributed by atoms with E-state index in [1.54, 1.807) is 0 Å². The molecule has 1 unspecified atom stereocenters. The quantitative estimate of drug-likeness (QED) is 0.673. The van der Waals surface area contributed by atoms with Crippen LogP contribution in [0.5, 0.6) is 5.75 Å². The highest BCUT2D eigenvalue weighted by atomic mass is 16.5. The number of hydrogen-bond donors (Lipinski definition) is 2. The lowest BCUT2D eigenvalue weighted by Crippen LogP contribution is -3.13. The average Bonchev–Trinajstić information content (AvgIpc) is 2.52. The van der Waals surface area contributed by atoms with E-state index in [4.69, 9.17) is 15.3 Å². The molecule has 0 saturated carbocycles. The monoisotopic (exact) mass is 316 g/mol. The molecule has 1 aromatic rings. The van der Waals surface area contributed by atoms with Gasteiger partial charge in [0.25, 0.3) is 0 Å². The first kappa shape index (κ1) is 19.0. The van der Waals surface area contributed by atoms with Gasteiger partial charge >= 0.3 is 0 Å². The third-order valence-electron chi connectivity index (χ3n) is 3.46. The first-order chi connectivity index (χ1) is 11.0. The predicted molar refractivity (Wildman–Crippen MR) is 87.9 cm³/mol. The van der Waals surface area contributed by atoms with Crippen LogP contribution in [0.1, 0.15) is 25.8 Å². The molecule has 5 nitrogen and oxygen atoms in total. The smallest absolute Gasteiger partial charge is 0.137 e. The lowest BCUT2D eigenvalue weighted by Gasteiger charge is -2.23. The summed E-state index contributed by atoms with van der Waals surface area (Å²) in [4.78, 5) is 1.22. The van der Waals surface area contributed by atoms with E-state index in [1.807, 2.05) is 24.3 Å². The largest absolute Gasteiger partial charge is 0.491 e. The number of aliphatic hydroxyl groups is 1. The highest BCUT2D eigenvalue weighted by Crippen LogP contribution is 2.12. The molecule has 124 valence electrons. The van der Waals surface area contributed by atoms with Crippen molar-refractivity contribution < 1.29 is 14.7 Å². The Bertz CT molecular complexity index is 529. The van der Waals surface area contributed by atoms with Crippen molar-refractivity contribution >= 4 is 0 Å². The topological polar surface area (TPSA) is 81.5 Å². The maximum atomic E-state index is 10.2. The second kappa shape index (κ2) is 10.6. The molecule has 1 rings (SSSR count). The molecule has 0 amide bonds. The Morgan fingerprint density at radius 1 is 1.13 bits per heavy atom. The Morgan fingerprint density at radius 3 is 2.39 bits per heavy atom. The molecule has 23 heavy (non-hydrogen) atoms. The molecule has 0 radical (unpaired) electrons. The molecule has 0 aliphatic rings. The van der Waals surface area contributed by atoms with Gasteiger partial charge in [-0.1, -0.05) is 26.0 Å². The summed E-state index contributed by atoms with van der Waals surface area (Å²) >= 11 is 0. The molecular formula is C18H26N3O2+. The minimum Gasteiger partial charge on any atom is -0.491 e. The summed E-state index contributed by atoms with van der Waals surface area (Å²) in [7, 11) is 0. The van der Waals surface area contributed by atoms with Gasteiger partial charge in [-0.15, -0.1) is 0 Å². The van der Waals surface area contributed by atoms with Gasteiger partial charge in [0.15, 0.2) is 0 Å². The maximum absolute atomic E-state index is 10.2. The zero-order valence-electron chi connectivity index (χ0n) is 14.0. The Balaban J connectivity index is 2.43. The van der Waals surface area contributed by atoms with Gasteiger partial charge < -0.3 is 14.7 Å². The van der Waals surface area contributed by atoms with Gasteiger partial charge in [0.1, 0.15) is 25.0 Å². The predicted octanol–water partition coefficient (Wildman–Crippen LogP) is 0.947. The number of ether oxygens (including phenoxy) is 1. The van der Waals surface area contributed by atoms with E-state index < -0.39 is 6.10 Å². The summed E-state index contributed by atoms with van der Waals surface area (Å²) in [5.41, 5.74) is 0.949. The highest BCUT2D eigenvalue weighted by molar-refractivity contribution is 5.28. The molecule has 0 aliphatic heterocycles. The zero-order chi connectivity index (χ0) is 17.1. The Hall–Kier alpha value is -2.08. The van der Waals surface area contributed by atoms with E-state index >= 15 is 0 Å². The summed E-state index contributed by atoms with van der Waals surface area (Å²) in [6, 6.07) is 11.6. The standard InChI is InChI=1S/C18H25N3O2/c1-15(2)12-21(11-3-9-19)13-17(22)14-23-18-6-4-16(5-7-18)8-10-20/h4-7,15,17,22H,3,8,11-14H2,1-2H3/p+1/t17-/m0/s1. The van der Waals surface area contributed by atoms with Crippen LogP contribution < -0.4 is 9.64 Å². The molecule has 1 aromatic carbocycles. The van der Waals surface area contributed by atoms with Gasteiger partial charge in [-0.3, -0.25) is 0 Å². The Labute approximate surface area is 138 Å². The molecule has 5 heteroatoms. The molecule has 0 spiro atoms. The molecular weight excluding hydrogens is 290 g/mol.